The van der Waals surface area contributed by atoms with E-state index in [2.05, 4.69) is 36.4 Å². The first-order valence-electron chi connectivity index (χ1n) is 7.83. The minimum absolute atomic E-state index is 0.881. The summed E-state index contributed by atoms with van der Waals surface area (Å²) in [5, 5.41) is 0. The van der Waals surface area contributed by atoms with Crippen LogP contribution in [0.15, 0.2) is 36.9 Å². The average molecular weight is 293 g/mol. The lowest BCUT2D eigenvalue weighted by Gasteiger charge is -2.27. The molecule has 1 fully saturated rings. The predicted octanol–water partition coefficient (Wildman–Crippen LogP) is 3.09. The number of anilines is 1. The number of imidazole rings is 1. The highest BCUT2D eigenvalue weighted by Crippen LogP contribution is 2.27. The molecule has 4 rings (SSSR count). The second-order valence-electron chi connectivity index (χ2n) is 5.80. The number of hydrogen-bond acceptors (Lipinski definition) is 4. The molecule has 0 atom stereocenters. The van der Waals surface area contributed by atoms with Crippen LogP contribution >= 0.6 is 0 Å². The molecule has 1 saturated heterocycles. The second kappa shape index (κ2) is 5.40. The molecule has 0 aromatic carbocycles. The summed E-state index contributed by atoms with van der Waals surface area (Å²) in [5.41, 5.74) is 4.18. The zero-order valence-electron chi connectivity index (χ0n) is 12.7. The van der Waals surface area contributed by atoms with Crippen LogP contribution in [0.5, 0.6) is 0 Å². The number of aryl methyl sites for hydroxylation is 1. The van der Waals surface area contributed by atoms with Crippen LogP contribution in [0.4, 0.5) is 5.82 Å². The Labute approximate surface area is 129 Å². The maximum absolute atomic E-state index is 4.60. The monoisotopic (exact) mass is 293 g/mol. The first-order valence-corrected chi connectivity index (χ1v) is 7.83. The van der Waals surface area contributed by atoms with Gasteiger partial charge in [0.1, 0.15) is 5.82 Å². The minimum atomic E-state index is 0.881. The fourth-order valence-electron chi connectivity index (χ4n) is 3.23. The van der Waals surface area contributed by atoms with E-state index in [-0.39, 0.29) is 0 Å². The van der Waals surface area contributed by atoms with Crippen LogP contribution in [0, 0.1) is 6.92 Å². The van der Waals surface area contributed by atoms with Crippen molar-refractivity contribution in [2.75, 3.05) is 18.0 Å². The summed E-state index contributed by atoms with van der Waals surface area (Å²) in [7, 11) is 0. The SMILES string of the molecule is Cc1nc2cnccn2c1-c1ccnc(N2CCCCC2)c1. The molecule has 0 spiro atoms. The third kappa shape index (κ3) is 2.22. The molecule has 0 radical (unpaired) electrons. The molecule has 5 nitrogen and oxygen atoms in total. The highest BCUT2D eigenvalue weighted by molar-refractivity contribution is 5.69. The van der Waals surface area contributed by atoms with Gasteiger partial charge < -0.3 is 4.90 Å². The zero-order valence-corrected chi connectivity index (χ0v) is 12.7. The molecule has 0 bridgehead atoms. The lowest BCUT2D eigenvalue weighted by molar-refractivity contribution is 0.573. The number of pyridine rings is 1. The van der Waals surface area contributed by atoms with Crippen LogP contribution in [0.25, 0.3) is 16.9 Å². The number of nitrogens with zero attached hydrogens (tertiary/aromatic N) is 5. The van der Waals surface area contributed by atoms with Crippen molar-refractivity contribution in [2.24, 2.45) is 0 Å². The van der Waals surface area contributed by atoms with E-state index >= 15 is 0 Å². The third-order valence-corrected chi connectivity index (χ3v) is 4.30. The Bertz CT molecular complexity index is 802. The molecule has 3 aromatic heterocycles. The van der Waals surface area contributed by atoms with Gasteiger partial charge in [0.15, 0.2) is 5.65 Å². The summed E-state index contributed by atoms with van der Waals surface area (Å²) in [6, 6.07) is 4.24. The van der Waals surface area contributed by atoms with Crippen molar-refractivity contribution in [1.82, 2.24) is 19.4 Å². The summed E-state index contributed by atoms with van der Waals surface area (Å²) < 4.78 is 2.09. The quantitative estimate of drug-likeness (QED) is 0.728. The second-order valence-corrected chi connectivity index (χ2v) is 5.80. The molecule has 3 aromatic rings. The van der Waals surface area contributed by atoms with Crippen molar-refractivity contribution in [1.29, 1.82) is 0 Å². The maximum atomic E-state index is 4.60. The number of piperidine rings is 1. The van der Waals surface area contributed by atoms with Crippen molar-refractivity contribution in [3.05, 3.63) is 42.6 Å². The largest absolute Gasteiger partial charge is 0.357 e. The lowest BCUT2D eigenvalue weighted by atomic mass is 10.1. The summed E-state index contributed by atoms with van der Waals surface area (Å²) in [6.45, 7) is 4.25. The Hall–Kier alpha value is -2.43. The van der Waals surface area contributed by atoms with Gasteiger partial charge in [-0.2, -0.15) is 0 Å². The molecular weight excluding hydrogens is 274 g/mol. The van der Waals surface area contributed by atoms with Crippen molar-refractivity contribution in [2.45, 2.75) is 26.2 Å². The summed E-state index contributed by atoms with van der Waals surface area (Å²) in [4.78, 5) is 15.7. The van der Waals surface area contributed by atoms with E-state index in [9.17, 15) is 0 Å². The van der Waals surface area contributed by atoms with Gasteiger partial charge in [0.2, 0.25) is 0 Å². The van der Waals surface area contributed by atoms with Gasteiger partial charge in [-0.15, -0.1) is 0 Å². The fraction of sp³-hybridized carbons (Fsp3) is 0.353. The summed E-state index contributed by atoms with van der Waals surface area (Å²) in [6.07, 6.45) is 11.3. The highest BCUT2D eigenvalue weighted by atomic mass is 15.2. The minimum Gasteiger partial charge on any atom is -0.357 e. The molecule has 5 heteroatoms. The average Bonchev–Trinajstić information content (AvgIpc) is 2.91. The molecule has 1 aliphatic heterocycles. The van der Waals surface area contributed by atoms with Crippen molar-refractivity contribution < 1.29 is 0 Å². The molecule has 1 aliphatic rings. The molecule has 0 unspecified atom stereocenters. The van der Waals surface area contributed by atoms with Gasteiger partial charge in [-0.3, -0.25) is 9.38 Å². The van der Waals surface area contributed by atoms with Crippen LogP contribution in [0.1, 0.15) is 25.0 Å². The molecule has 4 heterocycles. The molecule has 112 valence electrons. The summed E-state index contributed by atoms with van der Waals surface area (Å²) >= 11 is 0. The zero-order chi connectivity index (χ0) is 14.9. The first kappa shape index (κ1) is 13.2. The molecular formula is C17H19N5. The third-order valence-electron chi connectivity index (χ3n) is 4.30. The Morgan fingerprint density at radius 2 is 1.95 bits per heavy atom. The van der Waals surface area contributed by atoms with Crippen LogP contribution in [-0.2, 0) is 0 Å². The van der Waals surface area contributed by atoms with Crippen molar-refractivity contribution >= 4 is 11.5 Å². The van der Waals surface area contributed by atoms with Gasteiger partial charge >= 0.3 is 0 Å². The van der Waals surface area contributed by atoms with Crippen LogP contribution in [0.2, 0.25) is 0 Å². The number of hydrogen-bond donors (Lipinski definition) is 0. The maximum Gasteiger partial charge on any atom is 0.156 e. The molecule has 0 N–H and O–H groups in total. The van der Waals surface area contributed by atoms with E-state index in [0.29, 0.717) is 0 Å². The standard InChI is InChI=1S/C17H19N5/c1-13-17(22-10-7-18-12-16(22)20-13)14-5-6-19-15(11-14)21-8-3-2-4-9-21/h5-7,10-12H,2-4,8-9H2,1H3. The topological polar surface area (TPSA) is 46.3 Å². The number of aromatic nitrogens is 4. The van der Waals surface area contributed by atoms with Crippen molar-refractivity contribution in [3.63, 3.8) is 0 Å². The van der Waals surface area contributed by atoms with Gasteiger partial charge in [-0.25, -0.2) is 9.97 Å². The number of fused-ring (bicyclic) bond motifs is 1. The fourth-order valence-corrected chi connectivity index (χ4v) is 3.23. The Kier molecular flexibility index (Phi) is 3.25. The van der Waals surface area contributed by atoms with E-state index in [1.807, 2.05) is 19.3 Å². The van der Waals surface area contributed by atoms with Gasteiger partial charge in [0.25, 0.3) is 0 Å². The normalized spacial score (nSPS) is 15.4. The van der Waals surface area contributed by atoms with E-state index in [4.69, 9.17) is 0 Å². The molecule has 0 amide bonds. The van der Waals surface area contributed by atoms with Gasteiger partial charge in [-0.1, -0.05) is 0 Å². The smallest absolute Gasteiger partial charge is 0.156 e. The van der Waals surface area contributed by atoms with Crippen LogP contribution in [0.3, 0.4) is 0 Å². The van der Waals surface area contributed by atoms with E-state index in [0.717, 1.165) is 41.5 Å². The van der Waals surface area contributed by atoms with Crippen LogP contribution < -0.4 is 4.90 Å². The number of rotatable bonds is 2. The van der Waals surface area contributed by atoms with E-state index in [1.165, 1.54) is 19.3 Å². The van der Waals surface area contributed by atoms with Gasteiger partial charge in [-0.05, 0) is 38.3 Å². The van der Waals surface area contributed by atoms with E-state index < -0.39 is 0 Å². The van der Waals surface area contributed by atoms with Gasteiger partial charge in [0, 0.05) is 37.2 Å². The Morgan fingerprint density at radius 1 is 1.09 bits per heavy atom. The molecule has 0 saturated carbocycles. The van der Waals surface area contributed by atoms with E-state index in [1.54, 1.807) is 12.4 Å². The Balaban J connectivity index is 1.80. The van der Waals surface area contributed by atoms with Crippen LogP contribution in [-0.4, -0.2) is 32.4 Å². The molecule has 22 heavy (non-hydrogen) atoms. The summed E-state index contributed by atoms with van der Waals surface area (Å²) in [5.74, 6) is 1.07. The van der Waals surface area contributed by atoms with Gasteiger partial charge in [0.05, 0.1) is 17.6 Å². The molecule has 0 aliphatic carbocycles. The lowest BCUT2D eigenvalue weighted by Crippen LogP contribution is -2.30. The Morgan fingerprint density at radius 3 is 2.82 bits per heavy atom. The van der Waals surface area contributed by atoms with Crippen molar-refractivity contribution in [3.8, 4) is 11.3 Å². The highest BCUT2D eigenvalue weighted by Gasteiger charge is 2.15. The predicted molar refractivity (Wildman–Crippen MR) is 87.0 cm³/mol. The first-order chi connectivity index (χ1) is 10.8.